The molecule has 200 valence electrons. The van der Waals surface area contributed by atoms with E-state index in [1.54, 1.807) is 0 Å². The molecular formula is C37H42NS+. The third-order valence-corrected chi connectivity index (χ3v) is 9.58. The highest BCUT2D eigenvalue weighted by atomic mass is 32.2. The van der Waals surface area contributed by atoms with Crippen molar-refractivity contribution in [3.8, 4) is 11.3 Å². The highest BCUT2D eigenvalue weighted by Gasteiger charge is 2.33. The molecule has 1 aliphatic heterocycles. The van der Waals surface area contributed by atoms with Crippen molar-refractivity contribution in [2.45, 2.75) is 83.9 Å². The number of nitrogens with zero attached hydrogens (tertiary/aromatic N) is 1. The van der Waals surface area contributed by atoms with Crippen LogP contribution in [0.1, 0.15) is 76.6 Å². The molecule has 4 aromatic carbocycles. The number of aryl methyl sites for hydroxylation is 2. The van der Waals surface area contributed by atoms with Gasteiger partial charge in [0.15, 0.2) is 6.20 Å². The normalized spacial score (nSPS) is 13.3. The molecule has 0 saturated heterocycles. The van der Waals surface area contributed by atoms with E-state index in [0.717, 1.165) is 12.8 Å². The van der Waals surface area contributed by atoms with Gasteiger partial charge in [-0.15, -0.1) is 0 Å². The molecule has 2 heterocycles. The molecule has 0 unspecified atom stereocenters. The van der Waals surface area contributed by atoms with E-state index < -0.39 is 0 Å². The number of hydrogen-bond donors (Lipinski definition) is 0. The molecule has 0 N–H and O–H groups in total. The summed E-state index contributed by atoms with van der Waals surface area (Å²) in [6, 6.07) is 19.0. The first-order valence-corrected chi connectivity index (χ1v) is 15.4. The van der Waals surface area contributed by atoms with Crippen LogP contribution in [0.5, 0.6) is 0 Å². The second kappa shape index (κ2) is 9.37. The highest BCUT2D eigenvalue weighted by molar-refractivity contribution is 8.00. The molecular weight excluding hydrogens is 490 g/mol. The molecule has 0 bridgehead atoms. The largest absolute Gasteiger partial charge is 0.222 e. The fourth-order valence-electron chi connectivity index (χ4n) is 6.74. The maximum Gasteiger partial charge on any atom is 0.222 e. The lowest BCUT2D eigenvalue weighted by atomic mass is 9.82. The maximum absolute atomic E-state index is 2.50. The Morgan fingerprint density at radius 3 is 2.31 bits per heavy atom. The summed E-state index contributed by atoms with van der Waals surface area (Å²) in [6.07, 6.45) is 4.46. The molecule has 1 aliphatic rings. The van der Waals surface area contributed by atoms with Crippen molar-refractivity contribution in [2.75, 3.05) is 0 Å². The third-order valence-electron chi connectivity index (χ3n) is 8.39. The van der Waals surface area contributed by atoms with Crippen LogP contribution in [0.4, 0.5) is 0 Å². The van der Waals surface area contributed by atoms with Crippen molar-refractivity contribution >= 4 is 44.1 Å². The molecule has 0 atom stereocenters. The molecule has 39 heavy (non-hydrogen) atoms. The van der Waals surface area contributed by atoms with Crippen LogP contribution in [0.3, 0.4) is 0 Å². The van der Waals surface area contributed by atoms with Gasteiger partial charge in [0.25, 0.3) is 0 Å². The van der Waals surface area contributed by atoms with E-state index in [0.29, 0.717) is 11.8 Å². The van der Waals surface area contributed by atoms with E-state index in [4.69, 9.17) is 0 Å². The molecule has 0 saturated carbocycles. The molecule has 0 spiro atoms. The van der Waals surface area contributed by atoms with Crippen molar-refractivity contribution in [2.24, 2.45) is 18.4 Å². The van der Waals surface area contributed by atoms with Gasteiger partial charge < -0.3 is 0 Å². The van der Waals surface area contributed by atoms with Gasteiger partial charge >= 0.3 is 0 Å². The molecule has 1 aromatic heterocycles. The quantitative estimate of drug-likeness (QED) is 0.161. The summed E-state index contributed by atoms with van der Waals surface area (Å²) in [6.45, 7) is 18.8. The van der Waals surface area contributed by atoms with E-state index in [1.165, 1.54) is 75.6 Å². The molecule has 0 aliphatic carbocycles. The molecule has 0 radical (unpaired) electrons. The molecule has 0 fully saturated rings. The fourth-order valence-corrected chi connectivity index (χ4v) is 8.11. The van der Waals surface area contributed by atoms with Crippen LogP contribution >= 0.6 is 11.8 Å². The number of rotatable bonds is 4. The summed E-state index contributed by atoms with van der Waals surface area (Å²) in [5, 5.41) is 8.42. The van der Waals surface area contributed by atoms with Gasteiger partial charge in [0.1, 0.15) is 7.05 Å². The number of fused-ring (bicyclic) bond motifs is 5. The van der Waals surface area contributed by atoms with Gasteiger partial charge in [0, 0.05) is 21.2 Å². The SMILES string of the molecule is Cc1c2c(c(CC(C)(C)C)c3ccc(CC(C)C)cc13)Sc1cc3c(C(C)C)cccc3c3cc[n+](C)c-2c13. The summed E-state index contributed by atoms with van der Waals surface area (Å²) in [5.74, 6) is 1.13. The van der Waals surface area contributed by atoms with Crippen molar-refractivity contribution in [3.05, 3.63) is 77.0 Å². The third kappa shape index (κ3) is 4.36. The Kier molecular flexibility index (Phi) is 6.34. The van der Waals surface area contributed by atoms with Crippen LogP contribution in [0.25, 0.3) is 43.6 Å². The predicted molar refractivity (Wildman–Crippen MR) is 170 cm³/mol. The smallest absolute Gasteiger partial charge is 0.200 e. The standard InChI is InChI=1S/C37H42NS/c1-21(2)17-24-13-14-27-29(18-24)23(5)33-35-34-28(15-16-38(35)9)26-12-10-11-25(22(3)4)30(26)19-32(34)39-36(33)31(27)20-37(6,7)8/h10-16,18-19,21-22H,17,20H2,1-9H3/q+1. The Morgan fingerprint density at radius 1 is 0.846 bits per heavy atom. The highest BCUT2D eigenvalue weighted by Crippen LogP contribution is 2.54. The second-order valence-corrected chi connectivity index (χ2v) is 14.7. The lowest BCUT2D eigenvalue weighted by Gasteiger charge is -2.28. The summed E-state index contributed by atoms with van der Waals surface area (Å²) in [5.41, 5.74) is 8.82. The zero-order valence-corrected chi connectivity index (χ0v) is 25.9. The molecule has 6 rings (SSSR count). The number of benzene rings is 4. The molecule has 2 heteroatoms. The summed E-state index contributed by atoms with van der Waals surface area (Å²) in [4.78, 5) is 2.86. The first-order valence-electron chi connectivity index (χ1n) is 14.6. The van der Waals surface area contributed by atoms with Crippen LogP contribution in [0.15, 0.2) is 64.5 Å². The Labute approximate surface area is 238 Å². The van der Waals surface area contributed by atoms with Crippen LogP contribution in [-0.4, -0.2) is 0 Å². The average molecular weight is 533 g/mol. The van der Waals surface area contributed by atoms with Gasteiger partial charge in [-0.05, 0) is 86.9 Å². The van der Waals surface area contributed by atoms with Crippen LogP contribution in [-0.2, 0) is 19.9 Å². The van der Waals surface area contributed by atoms with Crippen molar-refractivity contribution in [1.29, 1.82) is 0 Å². The van der Waals surface area contributed by atoms with Gasteiger partial charge in [-0.25, -0.2) is 4.57 Å². The molecule has 1 nitrogen and oxygen atoms in total. The summed E-state index contributed by atoms with van der Waals surface area (Å²) < 4.78 is 2.38. The molecule has 5 aromatic rings. The van der Waals surface area contributed by atoms with Crippen molar-refractivity contribution in [3.63, 3.8) is 0 Å². The van der Waals surface area contributed by atoms with E-state index in [9.17, 15) is 0 Å². The van der Waals surface area contributed by atoms with Crippen LogP contribution in [0.2, 0.25) is 0 Å². The first kappa shape index (κ1) is 26.4. The monoisotopic (exact) mass is 532 g/mol. The summed E-state index contributed by atoms with van der Waals surface area (Å²) >= 11 is 2.02. The number of pyridine rings is 1. The predicted octanol–water partition coefficient (Wildman–Crippen LogP) is 10.3. The van der Waals surface area contributed by atoms with E-state index in [1.807, 2.05) is 11.8 Å². The van der Waals surface area contributed by atoms with E-state index >= 15 is 0 Å². The Bertz CT molecular complexity index is 1780. The minimum Gasteiger partial charge on any atom is -0.200 e. The van der Waals surface area contributed by atoms with Crippen LogP contribution in [0, 0.1) is 18.3 Å². The zero-order chi connectivity index (χ0) is 27.8. The van der Waals surface area contributed by atoms with Crippen LogP contribution < -0.4 is 4.57 Å². The van der Waals surface area contributed by atoms with Crippen molar-refractivity contribution < 1.29 is 4.57 Å². The van der Waals surface area contributed by atoms with Gasteiger partial charge in [-0.3, -0.25) is 0 Å². The fraction of sp³-hybridized carbons (Fsp3) is 0.378. The van der Waals surface area contributed by atoms with Gasteiger partial charge in [-0.2, -0.15) is 0 Å². The first-order chi connectivity index (χ1) is 18.4. The topological polar surface area (TPSA) is 3.88 Å². The maximum atomic E-state index is 2.50. The zero-order valence-electron chi connectivity index (χ0n) is 25.1. The van der Waals surface area contributed by atoms with Gasteiger partial charge in [0.05, 0.1) is 10.9 Å². The lowest BCUT2D eigenvalue weighted by Crippen LogP contribution is -2.32. The Morgan fingerprint density at radius 2 is 1.62 bits per heavy atom. The average Bonchev–Trinajstić information content (AvgIpc) is 2.86. The Balaban J connectivity index is 1.76. The Hall–Kier alpha value is -2.84. The van der Waals surface area contributed by atoms with Gasteiger partial charge in [-0.1, -0.05) is 96.6 Å². The number of aromatic nitrogens is 1. The van der Waals surface area contributed by atoms with Crippen molar-refractivity contribution in [1.82, 2.24) is 0 Å². The summed E-state index contributed by atoms with van der Waals surface area (Å²) in [7, 11) is 2.23. The minimum atomic E-state index is 0.190. The number of hydrogen-bond acceptors (Lipinski definition) is 1. The second-order valence-electron chi connectivity index (χ2n) is 13.7. The lowest BCUT2D eigenvalue weighted by molar-refractivity contribution is -0.659. The molecule has 0 amide bonds. The minimum absolute atomic E-state index is 0.190. The van der Waals surface area contributed by atoms with E-state index in [2.05, 4.69) is 122 Å². The van der Waals surface area contributed by atoms with E-state index in [-0.39, 0.29) is 5.41 Å². The van der Waals surface area contributed by atoms with Gasteiger partial charge in [0.2, 0.25) is 5.69 Å².